The first-order chi connectivity index (χ1) is 11.4. The number of hydrogen-bond acceptors (Lipinski definition) is 3. The zero-order valence-electron chi connectivity index (χ0n) is 14.6. The first kappa shape index (κ1) is 18.3. The summed E-state index contributed by atoms with van der Waals surface area (Å²) in [6.07, 6.45) is 10.9. The summed E-state index contributed by atoms with van der Waals surface area (Å²) in [5.41, 5.74) is 1.60. The summed E-state index contributed by atoms with van der Waals surface area (Å²) in [7, 11) is 1.83. The average Bonchev–Trinajstić information content (AvgIpc) is 3.10. The van der Waals surface area contributed by atoms with Crippen molar-refractivity contribution in [2.24, 2.45) is 10.9 Å². The van der Waals surface area contributed by atoms with Crippen molar-refractivity contribution in [3.8, 4) is 0 Å². The van der Waals surface area contributed by atoms with Gasteiger partial charge in [-0.1, -0.05) is 11.6 Å². The molecule has 0 spiro atoms. The molecule has 1 aliphatic heterocycles. The normalized spacial score (nSPS) is 22.0. The Bertz CT molecular complexity index is 376. The topological polar surface area (TPSA) is 54.9 Å². The lowest BCUT2D eigenvalue weighted by atomic mass is 9.97. The quantitative estimate of drug-likeness (QED) is 0.296. The molecule has 0 bridgehead atoms. The summed E-state index contributed by atoms with van der Waals surface area (Å²) in [6.45, 7) is 5.25. The van der Waals surface area contributed by atoms with Gasteiger partial charge in [0.05, 0.1) is 13.2 Å². The molecule has 1 saturated heterocycles. The van der Waals surface area contributed by atoms with E-state index in [4.69, 9.17) is 9.47 Å². The lowest BCUT2D eigenvalue weighted by molar-refractivity contribution is 0.0888. The van der Waals surface area contributed by atoms with E-state index in [0.29, 0.717) is 5.92 Å². The van der Waals surface area contributed by atoms with Gasteiger partial charge in [0.15, 0.2) is 5.96 Å². The van der Waals surface area contributed by atoms with Crippen LogP contribution in [0.15, 0.2) is 16.6 Å². The maximum Gasteiger partial charge on any atom is 0.190 e. The van der Waals surface area contributed by atoms with Gasteiger partial charge in [0.1, 0.15) is 0 Å². The van der Waals surface area contributed by atoms with Gasteiger partial charge in [0, 0.05) is 39.3 Å². The highest BCUT2D eigenvalue weighted by molar-refractivity contribution is 5.79. The van der Waals surface area contributed by atoms with Gasteiger partial charge < -0.3 is 20.1 Å². The molecule has 132 valence electrons. The molecule has 0 aromatic heterocycles. The van der Waals surface area contributed by atoms with Crippen LogP contribution in [0.25, 0.3) is 0 Å². The molecule has 0 aromatic carbocycles. The van der Waals surface area contributed by atoms with Gasteiger partial charge in [-0.05, 0) is 44.9 Å². The van der Waals surface area contributed by atoms with Gasteiger partial charge in [-0.2, -0.15) is 0 Å². The van der Waals surface area contributed by atoms with E-state index in [2.05, 4.69) is 21.7 Å². The number of rotatable bonds is 9. The molecule has 1 unspecified atom stereocenters. The Morgan fingerprint density at radius 2 is 2.26 bits per heavy atom. The van der Waals surface area contributed by atoms with Crippen LogP contribution in [-0.4, -0.2) is 52.5 Å². The van der Waals surface area contributed by atoms with Gasteiger partial charge in [-0.3, -0.25) is 4.99 Å². The van der Waals surface area contributed by atoms with E-state index in [9.17, 15) is 0 Å². The molecule has 0 radical (unpaired) electrons. The molecular weight excluding hydrogens is 290 g/mol. The first-order valence-corrected chi connectivity index (χ1v) is 9.16. The van der Waals surface area contributed by atoms with Gasteiger partial charge >= 0.3 is 0 Å². The van der Waals surface area contributed by atoms with Gasteiger partial charge in [-0.25, -0.2) is 0 Å². The number of guanidine groups is 1. The third kappa shape index (κ3) is 7.84. The zero-order valence-corrected chi connectivity index (χ0v) is 14.6. The van der Waals surface area contributed by atoms with Crippen LogP contribution < -0.4 is 10.6 Å². The number of allylic oxidation sites excluding steroid dienone is 1. The third-order valence-electron chi connectivity index (χ3n) is 4.48. The fourth-order valence-corrected chi connectivity index (χ4v) is 3.04. The minimum atomic E-state index is 0.603. The van der Waals surface area contributed by atoms with Crippen LogP contribution >= 0.6 is 0 Å². The third-order valence-corrected chi connectivity index (χ3v) is 4.48. The van der Waals surface area contributed by atoms with E-state index >= 15 is 0 Å². The van der Waals surface area contributed by atoms with E-state index in [-0.39, 0.29) is 0 Å². The summed E-state index contributed by atoms with van der Waals surface area (Å²) in [4.78, 5) is 4.27. The molecule has 2 aliphatic rings. The van der Waals surface area contributed by atoms with Crippen molar-refractivity contribution in [3.05, 3.63) is 11.6 Å². The Kier molecular flexibility index (Phi) is 9.11. The van der Waals surface area contributed by atoms with Gasteiger partial charge in [0.25, 0.3) is 0 Å². The van der Waals surface area contributed by atoms with Crippen molar-refractivity contribution < 1.29 is 9.47 Å². The van der Waals surface area contributed by atoms with Crippen molar-refractivity contribution in [1.29, 1.82) is 0 Å². The molecule has 5 nitrogen and oxygen atoms in total. The molecule has 1 fully saturated rings. The molecule has 0 amide bonds. The van der Waals surface area contributed by atoms with Crippen LogP contribution in [0, 0.1) is 5.92 Å². The van der Waals surface area contributed by atoms with Crippen LogP contribution in [0.2, 0.25) is 0 Å². The second-order valence-electron chi connectivity index (χ2n) is 6.44. The van der Waals surface area contributed by atoms with Crippen molar-refractivity contribution in [2.75, 3.05) is 46.6 Å². The lowest BCUT2D eigenvalue weighted by Crippen LogP contribution is -2.38. The van der Waals surface area contributed by atoms with Crippen molar-refractivity contribution in [3.63, 3.8) is 0 Å². The number of nitrogens with zero attached hydrogens (tertiary/aromatic N) is 1. The summed E-state index contributed by atoms with van der Waals surface area (Å²) < 4.78 is 11.0. The highest BCUT2D eigenvalue weighted by atomic mass is 16.5. The molecule has 2 N–H and O–H groups in total. The van der Waals surface area contributed by atoms with Gasteiger partial charge in [0.2, 0.25) is 0 Å². The molecular formula is C18H33N3O2. The fraction of sp³-hybridized carbons (Fsp3) is 0.833. The highest BCUT2D eigenvalue weighted by Crippen LogP contribution is 2.19. The monoisotopic (exact) mass is 323 g/mol. The molecule has 1 atom stereocenters. The summed E-state index contributed by atoms with van der Waals surface area (Å²) in [6, 6.07) is 0. The molecule has 0 saturated carbocycles. The first-order valence-electron chi connectivity index (χ1n) is 9.16. The van der Waals surface area contributed by atoms with Crippen molar-refractivity contribution in [1.82, 2.24) is 10.6 Å². The number of ether oxygens (including phenoxy) is 2. The fourth-order valence-electron chi connectivity index (χ4n) is 3.04. The Labute approximate surface area is 140 Å². The average molecular weight is 323 g/mol. The van der Waals surface area contributed by atoms with Crippen molar-refractivity contribution in [2.45, 2.75) is 44.9 Å². The van der Waals surface area contributed by atoms with Crippen LogP contribution in [0.4, 0.5) is 0 Å². The Morgan fingerprint density at radius 3 is 3.00 bits per heavy atom. The molecule has 0 aromatic rings. The zero-order chi connectivity index (χ0) is 16.2. The summed E-state index contributed by atoms with van der Waals surface area (Å²) >= 11 is 0. The standard InChI is InChI=1S/C18H33N3O2/c1-19-18(21-11-8-16-6-3-2-4-7-16)20-10-5-12-22-14-17-9-13-23-15-17/h6,17H,2-5,7-15H2,1H3,(H2,19,20,21). The summed E-state index contributed by atoms with van der Waals surface area (Å²) in [5.74, 6) is 1.50. The van der Waals surface area contributed by atoms with Crippen molar-refractivity contribution >= 4 is 5.96 Å². The van der Waals surface area contributed by atoms with Gasteiger partial charge in [-0.15, -0.1) is 0 Å². The smallest absolute Gasteiger partial charge is 0.190 e. The Morgan fingerprint density at radius 1 is 1.35 bits per heavy atom. The van der Waals surface area contributed by atoms with Crippen LogP contribution in [0.5, 0.6) is 0 Å². The molecule has 1 heterocycles. The maximum atomic E-state index is 5.71. The molecule has 5 heteroatoms. The minimum absolute atomic E-state index is 0.603. The Hall–Kier alpha value is -1.07. The SMILES string of the molecule is CN=C(NCCCOCC1CCOC1)NCCC1=CCCCC1. The number of aliphatic imine (C=N–C) groups is 1. The van der Waals surface area contributed by atoms with Crippen LogP contribution in [0.1, 0.15) is 44.9 Å². The minimum Gasteiger partial charge on any atom is -0.381 e. The number of nitrogens with one attached hydrogen (secondary N) is 2. The highest BCUT2D eigenvalue weighted by Gasteiger charge is 2.15. The Balaban J connectivity index is 1.45. The van der Waals surface area contributed by atoms with E-state index in [1.54, 1.807) is 5.57 Å². The second-order valence-corrected chi connectivity index (χ2v) is 6.44. The molecule has 2 rings (SSSR count). The summed E-state index contributed by atoms with van der Waals surface area (Å²) in [5, 5.41) is 6.74. The van der Waals surface area contributed by atoms with E-state index in [1.807, 2.05) is 7.05 Å². The maximum absolute atomic E-state index is 5.71. The predicted octanol–water partition coefficient (Wildman–Crippen LogP) is 2.49. The number of hydrogen-bond donors (Lipinski definition) is 2. The van der Waals surface area contributed by atoms with Crippen LogP contribution in [-0.2, 0) is 9.47 Å². The van der Waals surface area contributed by atoms with Crippen LogP contribution in [0.3, 0.4) is 0 Å². The lowest BCUT2D eigenvalue weighted by Gasteiger charge is -2.15. The van der Waals surface area contributed by atoms with E-state index < -0.39 is 0 Å². The van der Waals surface area contributed by atoms with E-state index in [1.165, 1.54) is 25.7 Å². The largest absolute Gasteiger partial charge is 0.381 e. The molecule has 23 heavy (non-hydrogen) atoms. The second kappa shape index (κ2) is 11.5. The predicted molar refractivity (Wildman–Crippen MR) is 94.9 cm³/mol. The van der Waals surface area contributed by atoms with E-state index in [0.717, 1.165) is 64.7 Å². The molecule has 1 aliphatic carbocycles.